The van der Waals surface area contributed by atoms with Crippen LogP contribution < -0.4 is 15.4 Å². The Morgan fingerprint density at radius 3 is 2.88 bits per heavy atom. The van der Waals surface area contributed by atoms with E-state index in [-0.39, 0.29) is 23.6 Å². The minimum Gasteiger partial charge on any atom is -0.494 e. The number of rotatable bonds is 5. The molecule has 0 saturated carbocycles. The number of ether oxygens (including phenoxy) is 1. The third kappa shape index (κ3) is 4.90. The molecule has 2 N–H and O–H groups in total. The van der Waals surface area contributed by atoms with Gasteiger partial charge in [0, 0.05) is 37.3 Å². The van der Waals surface area contributed by atoms with Crippen LogP contribution in [0.1, 0.15) is 18.4 Å². The van der Waals surface area contributed by atoms with Crippen molar-refractivity contribution in [3.05, 3.63) is 41.2 Å². The lowest BCUT2D eigenvalue weighted by Gasteiger charge is -2.32. The highest BCUT2D eigenvalue weighted by atomic mass is 32.1. The van der Waals surface area contributed by atoms with Crippen molar-refractivity contribution in [3.63, 3.8) is 0 Å². The maximum atomic E-state index is 13.8. The summed E-state index contributed by atoms with van der Waals surface area (Å²) in [4.78, 5) is 18.2. The number of methoxy groups -OCH3 is 1. The van der Waals surface area contributed by atoms with Gasteiger partial charge in [-0.25, -0.2) is 14.2 Å². The summed E-state index contributed by atoms with van der Waals surface area (Å²) < 4.78 is 18.7. The van der Waals surface area contributed by atoms with E-state index in [1.165, 1.54) is 24.5 Å². The first-order chi connectivity index (χ1) is 12.1. The number of anilines is 1. The molecule has 25 heavy (non-hydrogen) atoms. The number of nitrogens with one attached hydrogen (secondary N) is 2. The van der Waals surface area contributed by atoms with Gasteiger partial charge in [0.2, 0.25) is 0 Å². The lowest BCUT2D eigenvalue weighted by atomic mass is 10.0. The first-order valence-electron chi connectivity index (χ1n) is 8.16. The molecule has 2 heterocycles. The van der Waals surface area contributed by atoms with E-state index >= 15 is 0 Å². The largest absolute Gasteiger partial charge is 0.494 e. The Hall–Kier alpha value is -2.19. The fourth-order valence-electron chi connectivity index (χ4n) is 2.91. The molecule has 0 atom stereocenters. The number of benzene rings is 1. The number of carbonyl (C=O) groups is 1. The summed E-state index contributed by atoms with van der Waals surface area (Å²) in [6, 6.07) is 4.98. The summed E-state index contributed by atoms with van der Waals surface area (Å²) in [5.74, 6) is -0.0756. The average molecular weight is 364 g/mol. The Morgan fingerprint density at radius 1 is 1.44 bits per heavy atom. The van der Waals surface area contributed by atoms with Crippen LogP contribution in [0, 0.1) is 5.82 Å². The molecule has 8 heteroatoms. The van der Waals surface area contributed by atoms with Crippen LogP contribution in [0.2, 0.25) is 0 Å². The average Bonchev–Trinajstić information content (AvgIpc) is 3.10. The summed E-state index contributed by atoms with van der Waals surface area (Å²) >= 11 is 1.39. The second kappa shape index (κ2) is 8.26. The van der Waals surface area contributed by atoms with Gasteiger partial charge in [-0.2, -0.15) is 0 Å². The third-order valence-electron chi connectivity index (χ3n) is 4.20. The maximum Gasteiger partial charge on any atom is 0.321 e. The standard InChI is InChI=1S/C17H21FN4O2S/c1-24-15-3-2-12(10-14(15)18)11-22-7-4-13(5-8-22)20-16(23)21-17-19-6-9-25-17/h2-3,6,9-10,13H,4-5,7-8,11H2,1H3,(H2,19,20,21,23). The zero-order chi connectivity index (χ0) is 17.6. The number of hydrogen-bond donors (Lipinski definition) is 2. The molecular formula is C17H21FN4O2S. The van der Waals surface area contributed by atoms with E-state index in [0.717, 1.165) is 31.5 Å². The zero-order valence-electron chi connectivity index (χ0n) is 14.0. The topological polar surface area (TPSA) is 66.5 Å². The Bertz CT molecular complexity index is 703. The quantitative estimate of drug-likeness (QED) is 0.856. The molecule has 1 aromatic carbocycles. The van der Waals surface area contributed by atoms with E-state index < -0.39 is 0 Å². The number of amides is 2. The highest BCUT2D eigenvalue weighted by molar-refractivity contribution is 7.13. The van der Waals surface area contributed by atoms with Crippen molar-refractivity contribution in [2.75, 3.05) is 25.5 Å². The van der Waals surface area contributed by atoms with E-state index in [2.05, 4.69) is 20.5 Å². The molecule has 2 aromatic rings. The summed E-state index contributed by atoms with van der Waals surface area (Å²) in [7, 11) is 1.46. The molecule has 1 fully saturated rings. The first-order valence-corrected chi connectivity index (χ1v) is 9.04. The van der Waals surface area contributed by atoms with E-state index in [9.17, 15) is 9.18 Å². The molecule has 6 nitrogen and oxygen atoms in total. The van der Waals surface area contributed by atoms with Gasteiger partial charge in [-0.3, -0.25) is 10.2 Å². The molecule has 2 amide bonds. The van der Waals surface area contributed by atoms with Crippen molar-refractivity contribution in [1.29, 1.82) is 0 Å². The van der Waals surface area contributed by atoms with E-state index in [0.29, 0.717) is 11.7 Å². The minimum absolute atomic E-state index is 0.142. The molecule has 1 saturated heterocycles. The van der Waals surface area contributed by atoms with Gasteiger partial charge in [0.05, 0.1) is 7.11 Å². The molecule has 0 radical (unpaired) electrons. The molecule has 0 bridgehead atoms. The Morgan fingerprint density at radius 2 is 2.24 bits per heavy atom. The van der Waals surface area contributed by atoms with Crippen LogP contribution in [0.25, 0.3) is 0 Å². The van der Waals surface area contributed by atoms with Gasteiger partial charge in [-0.05, 0) is 30.5 Å². The molecule has 0 unspecified atom stereocenters. The van der Waals surface area contributed by atoms with Crippen molar-refractivity contribution < 1.29 is 13.9 Å². The predicted octanol–water partition coefficient (Wildman–Crippen LogP) is 3.08. The number of urea groups is 1. The van der Waals surface area contributed by atoms with Crippen LogP contribution in [0.15, 0.2) is 29.8 Å². The van der Waals surface area contributed by atoms with Gasteiger partial charge in [-0.15, -0.1) is 11.3 Å². The van der Waals surface area contributed by atoms with Crippen LogP contribution >= 0.6 is 11.3 Å². The number of thiazole rings is 1. The Kier molecular flexibility index (Phi) is 5.83. The van der Waals surface area contributed by atoms with Crippen molar-refractivity contribution in [2.45, 2.75) is 25.4 Å². The number of likely N-dealkylation sites (tertiary alicyclic amines) is 1. The molecule has 0 aliphatic carbocycles. The van der Waals surface area contributed by atoms with Crippen LogP contribution in [-0.4, -0.2) is 42.2 Å². The number of aromatic nitrogens is 1. The fraction of sp³-hybridized carbons (Fsp3) is 0.412. The smallest absolute Gasteiger partial charge is 0.321 e. The molecule has 1 aromatic heterocycles. The van der Waals surface area contributed by atoms with E-state index in [4.69, 9.17) is 4.74 Å². The summed E-state index contributed by atoms with van der Waals surface area (Å²) in [6.45, 7) is 2.41. The molecule has 1 aliphatic rings. The summed E-state index contributed by atoms with van der Waals surface area (Å²) in [6.07, 6.45) is 3.38. The zero-order valence-corrected chi connectivity index (χ0v) is 14.8. The van der Waals surface area contributed by atoms with Crippen LogP contribution in [0.3, 0.4) is 0 Å². The van der Waals surface area contributed by atoms with Crippen molar-refractivity contribution in [1.82, 2.24) is 15.2 Å². The molecule has 134 valence electrons. The fourth-order valence-corrected chi connectivity index (χ4v) is 3.43. The monoisotopic (exact) mass is 364 g/mol. The second-order valence-corrected chi connectivity index (χ2v) is 6.85. The Balaban J connectivity index is 1.44. The molecule has 0 spiro atoms. The van der Waals surface area contributed by atoms with E-state index in [1.807, 2.05) is 11.4 Å². The van der Waals surface area contributed by atoms with Gasteiger partial charge >= 0.3 is 6.03 Å². The normalized spacial score (nSPS) is 15.8. The van der Waals surface area contributed by atoms with Crippen molar-refractivity contribution >= 4 is 22.5 Å². The molecule has 3 rings (SSSR count). The van der Waals surface area contributed by atoms with Crippen LogP contribution in [0.4, 0.5) is 14.3 Å². The van der Waals surface area contributed by atoms with Gasteiger partial charge < -0.3 is 10.1 Å². The van der Waals surface area contributed by atoms with Gasteiger partial charge in [0.25, 0.3) is 0 Å². The maximum absolute atomic E-state index is 13.8. The van der Waals surface area contributed by atoms with Gasteiger partial charge in [-0.1, -0.05) is 6.07 Å². The van der Waals surface area contributed by atoms with E-state index in [1.54, 1.807) is 12.3 Å². The number of piperidine rings is 1. The third-order valence-corrected chi connectivity index (χ3v) is 4.89. The van der Waals surface area contributed by atoms with Crippen LogP contribution in [0.5, 0.6) is 5.75 Å². The number of hydrogen-bond acceptors (Lipinski definition) is 5. The lowest BCUT2D eigenvalue weighted by molar-refractivity contribution is 0.189. The highest BCUT2D eigenvalue weighted by Crippen LogP contribution is 2.20. The number of nitrogens with zero attached hydrogens (tertiary/aromatic N) is 2. The number of carbonyl (C=O) groups excluding carboxylic acids is 1. The Labute approximate surface area is 150 Å². The lowest BCUT2D eigenvalue weighted by Crippen LogP contribution is -2.45. The predicted molar refractivity (Wildman–Crippen MR) is 95.5 cm³/mol. The van der Waals surface area contributed by atoms with Crippen molar-refractivity contribution in [3.8, 4) is 5.75 Å². The summed E-state index contributed by atoms with van der Waals surface area (Å²) in [5, 5.41) is 8.12. The van der Waals surface area contributed by atoms with Gasteiger partial charge in [0.1, 0.15) is 0 Å². The minimum atomic E-state index is -0.338. The second-order valence-electron chi connectivity index (χ2n) is 5.96. The van der Waals surface area contributed by atoms with Gasteiger partial charge in [0.15, 0.2) is 16.7 Å². The molecular weight excluding hydrogens is 343 g/mol. The SMILES string of the molecule is COc1ccc(CN2CCC(NC(=O)Nc3nccs3)CC2)cc1F. The highest BCUT2D eigenvalue weighted by Gasteiger charge is 2.21. The molecule has 1 aliphatic heterocycles. The van der Waals surface area contributed by atoms with Crippen LogP contribution in [-0.2, 0) is 6.54 Å². The first kappa shape index (κ1) is 17.6. The number of halogens is 1. The van der Waals surface area contributed by atoms with Crippen molar-refractivity contribution in [2.24, 2.45) is 0 Å². The summed E-state index contributed by atoms with van der Waals surface area (Å²) in [5.41, 5.74) is 0.922.